The number of aliphatic hydroxyl groups excluding tert-OH is 1. The van der Waals surface area contributed by atoms with Crippen molar-refractivity contribution in [3.63, 3.8) is 0 Å². The Bertz CT molecular complexity index is 533. The van der Waals surface area contributed by atoms with Crippen LogP contribution in [0.1, 0.15) is 31.2 Å². The van der Waals surface area contributed by atoms with Crippen LogP contribution in [0, 0.1) is 16.0 Å². The van der Waals surface area contributed by atoms with Crippen LogP contribution in [0.3, 0.4) is 0 Å². The van der Waals surface area contributed by atoms with E-state index in [-0.39, 0.29) is 30.3 Å². The van der Waals surface area contributed by atoms with Gasteiger partial charge < -0.3 is 15.7 Å². The van der Waals surface area contributed by atoms with Crippen LogP contribution in [-0.4, -0.2) is 35.3 Å². The fourth-order valence-electron chi connectivity index (χ4n) is 2.94. The van der Waals surface area contributed by atoms with Crippen LogP contribution in [0.15, 0.2) is 24.3 Å². The molecular weight excluding hydrogens is 298 g/mol. The van der Waals surface area contributed by atoms with Gasteiger partial charge in [-0.25, -0.2) is 4.79 Å². The third kappa shape index (κ3) is 5.21. The second kappa shape index (κ2) is 8.47. The lowest BCUT2D eigenvalue weighted by atomic mass is 9.85. The van der Waals surface area contributed by atoms with Crippen LogP contribution in [-0.2, 0) is 6.42 Å². The van der Waals surface area contributed by atoms with Crippen molar-refractivity contribution in [2.24, 2.45) is 5.92 Å². The van der Waals surface area contributed by atoms with Crippen molar-refractivity contribution in [1.29, 1.82) is 0 Å². The minimum absolute atomic E-state index is 0.0353. The first-order valence-corrected chi connectivity index (χ1v) is 7.98. The van der Waals surface area contributed by atoms with E-state index in [1.807, 2.05) is 0 Å². The van der Waals surface area contributed by atoms with Crippen molar-refractivity contribution in [2.75, 3.05) is 13.2 Å². The molecule has 1 saturated carbocycles. The number of carbonyl (C=O) groups excluding carboxylic acids is 1. The van der Waals surface area contributed by atoms with Gasteiger partial charge in [0.1, 0.15) is 0 Å². The Morgan fingerprint density at radius 2 is 1.96 bits per heavy atom. The second-order valence-corrected chi connectivity index (χ2v) is 5.91. The lowest BCUT2D eigenvalue weighted by Gasteiger charge is -2.30. The SMILES string of the molecule is O=C(NCCc1ccc([N+](=O)[O-])cc1)N[C@@H]1CCCC[C@@H]1CO. The minimum Gasteiger partial charge on any atom is -0.396 e. The maximum atomic E-state index is 11.9. The summed E-state index contributed by atoms with van der Waals surface area (Å²) in [6.45, 7) is 0.563. The molecule has 1 fully saturated rings. The van der Waals surface area contributed by atoms with E-state index in [4.69, 9.17) is 0 Å². The van der Waals surface area contributed by atoms with Gasteiger partial charge in [-0.3, -0.25) is 10.1 Å². The number of rotatable bonds is 6. The number of nitro benzene ring substituents is 1. The van der Waals surface area contributed by atoms with Crippen molar-refractivity contribution in [3.05, 3.63) is 39.9 Å². The van der Waals surface area contributed by atoms with Gasteiger partial charge in [0.2, 0.25) is 0 Å². The first-order chi connectivity index (χ1) is 11.1. The second-order valence-electron chi connectivity index (χ2n) is 5.91. The summed E-state index contributed by atoms with van der Waals surface area (Å²) in [7, 11) is 0. The zero-order chi connectivity index (χ0) is 16.7. The molecule has 3 N–H and O–H groups in total. The molecule has 0 spiro atoms. The quantitative estimate of drug-likeness (QED) is 0.550. The summed E-state index contributed by atoms with van der Waals surface area (Å²) in [5.74, 6) is 0.143. The van der Waals surface area contributed by atoms with Crippen LogP contribution in [0.2, 0.25) is 0 Å². The summed E-state index contributed by atoms with van der Waals surface area (Å²) in [4.78, 5) is 22.1. The number of carbonyl (C=O) groups is 1. The number of nitrogens with zero attached hydrogens (tertiary/aromatic N) is 1. The summed E-state index contributed by atoms with van der Waals surface area (Å²) >= 11 is 0. The highest BCUT2D eigenvalue weighted by Crippen LogP contribution is 2.23. The largest absolute Gasteiger partial charge is 0.396 e. The highest BCUT2D eigenvalue weighted by atomic mass is 16.6. The van der Waals surface area contributed by atoms with Crippen LogP contribution in [0.5, 0.6) is 0 Å². The van der Waals surface area contributed by atoms with Crippen molar-refractivity contribution < 1.29 is 14.8 Å². The van der Waals surface area contributed by atoms with Crippen molar-refractivity contribution in [2.45, 2.75) is 38.1 Å². The van der Waals surface area contributed by atoms with E-state index in [0.29, 0.717) is 13.0 Å². The molecule has 2 amide bonds. The van der Waals surface area contributed by atoms with Gasteiger partial charge >= 0.3 is 6.03 Å². The normalized spacial score (nSPS) is 20.7. The average molecular weight is 321 g/mol. The van der Waals surface area contributed by atoms with Crippen LogP contribution < -0.4 is 10.6 Å². The van der Waals surface area contributed by atoms with Crippen LogP contribution in [0.25, 0.3) is 0 Å². The van der Waals surface area contributed by atoms with E-state index in [1.54, 1.807) is 12.1 Å². The molecule has 0 radical (unpaired) electrons. The van der Waals surface area contributed by atoms with Gasteiger partial charge in [0.15, 0.2) is 0 Å². The molecule has 0 aromatic heterocycles. The number of aliphatic hydroxyl groups is 1. The lowest BCUT2D eigenvalue weighted by Crippen LogP contribution is -2.48. The van der Waals surface area contributed by atoms with E-state index in [1.165, 1.54) is 12.1 Å². The Morgan fingerprint density at radius 3 is 2.61 bits per heavy atom. The maximum absolute atomic E-state index is 11.9. The van der Waals surface area contributed by atoms with E-state index in [2.05, 4.69) is 10.6 Å². The first kappa shape index (κ1) is 17.2. The summed E-state index contributed by atoms with van der Waals surface area (Å²) in [5, 5.41) is 25.6. The van der Waals surface area contributed by atoms with Crippen molar-refractivity contribution in [3.8, 4) is 0 Å². The predicted molar refractivity (Wildman–Crippen MR) is 86.2 cm³/mol. The minimum atomic E-state index is -0.433. The zero-order valence-corrected chi connectivity index (χ0v) is 13.0. The molecule has 2 rings (SSSR count). The number of hydrogen-bond acceptors (Lipinski definition) is 4. The fraction of sp³-hybridized carbons (Fsp3) is 0.562. The highest BCUT2D eigenvalue weighted by molar-refractivity contribution is 5.74. The lowest BCUT2D eigenvalue weighted by molar-refractivity contribution is -0.384. The third-order valence-corrected chi connectivity index (χ3v) is 4.31. The molecular formula is C16H23N3O4. The standard InChI is InChI=1S/C16H23N3O4/c20-11-13-3-1-2-4-15(13)18-16(21)17-10-9-12-5-7-14(8-6-12)19(22)23/h5-8,13,15,20H,1-4,9-11H2,(H2,17,18,21)/t13-,15-/m1/s1. The van der Waals surface area contributed by atoms with Gasteiger partial charge in [-0.2, -0.15) is 0 Å². The van der Waals surface area contributed by atoms with E-state index in [0.717, 1.165) is 31.2 Å². The fourth-order valence-corrected chi connectivity index (χ4v) is 2.94. The molecule has 1 aliphatic rings. The molecule has 0 heterocycles. The molecule has 0 unspecified atom stereocenters. The van der Waals surface area contributed by atoms with E-state index < -0.39 is 4.92 Å². The number of amides is 2. The highest BCUT2D eigenvalue weighted by Gasteiger charge is 2.25. The van der Waals surface area contributed by atoms with Crippen molar-refractivity contribution in [1.82, 2.24) is 10.6 Å². The van der Waals surface area contributed by atoms with Gasteiger partial charge in [0.05, 0.1) is 4.92 Å². The summed E-state index contributed by atoms with van der Waals surface area (Å²) in [6, 6.07) is 6.12. The summed E-state index contributed by atoms with van der Waals surface area (Å²) in [5.41, 5.74) is 0.994. The molecule has 1 aliphatic carbocycles. The Hall–Kier alpha value is -2.15. The molecule has 126 valence electrons. The predicted octanol–water partition coefficient (Wildman–Crippen LogP) is 1.99. The summed E-state index contributed by atoms with van der Waals surface area (Å²) < 4.78 is 0. The number of nitrogens with one attached hydrogen (secondary N) is 2. The number of benzene rings is 1. The van der Waals surface area contributed by atoms with Crippen molar-refractivity contribution >= 4 is 11.7 Å². The Labute approximate surface area is 135 Å². The average Bonchev–Trinajstić information content (AvgIpc) is 2.56. The Kier molecular flexibility index (Phi) is 6.34. The van der Waals surface area contributed by atoms with Crippen LogP contribution >= 0.6 is 0 Å². The molecule has 0 bridgehead atoms. The topological polar surface area (TPSA) is 104 Å². The van der Waals surface area contributed by atoms with Gasteiger partial charge in [0, 0.05) is 37.2 Å². The maximum Gasteiger partial charge on any atom is 0.315 e. The van der Waals surface area contributed by atoms with E-state index in [9.17, 15) is 20.0 Å². The Balaban J connectivity index is 1.72. The smallest absolute Gasteiger partial charge is 0.315 e. The van der Waals surface area contributed by atoms with E-state index >= 15 is 0 Å². The molecule has 2 atom stereocenters. The van der Waals surface area contributed by atoms with Gasteiger partial charge in [0.25, 0.3) is 5.69 Å². The number of nitro groups is 1. The molecule has 0 aliphatic heterocycles. The Morgan fingerprint density at radius 1 is 1.26 bits per heavy atom. The molecule has 7 nitrogen and oxygen atoms in total. The van der Waals surface area contributed by atoms with Gasteiger partial charge in [-0.05, 0) is 24.8 Å². The third-order valence-electron chi connectivity index (χ3n) is 4.31. The molecule has 23 heavy (non-hydrogen) atoms. The molecule has 7 heteroatoms. The zero-order valence-electron chi connectivity index (χ0n) is 13.0. The molecule has 1 aromatic rings. The first-order valence-electron chi connectivity index (χ1n) is 7.98. The van der Waals surface area contributed by atoms with Crippen LogP contribution in [0.4, 0.5) is 10.5 Å². The van der Waals surface area contributed by atoms with Gasteiger partial charge in [-0.1, -0.05) is 25.0 Å². The molecule has 0 saturated heterocycles. The summed E-state index contributed by atoms with van der Waals surface area (Å²) in [6.07, 6.45) is 4.64. The molecule has 1 aromatic carbocycles. The number of urea groups is 1. The monoisotopic (exact) mass is 321 g/mol. The number of hydrogen-bond donors (Lipinski definition) is 3. The van der Waals surface area contributed by atoms with Gasteiger partial charge in [-0.15, -0.1) is 0 Å². The number of non-ortho nitro benzene ring substituents is 1.